The van der Waals surface area contributed by atoms with E-state index in [1.807, 2.05) is 0 Å². The third-order valence-corrected chi connectivity index (χ3v) is 5.06. The Hall–Kier alpha value is -1.45. The lowest BCUT2D eigenvalue weighted by atomic mass is 10.6. The number of aromatic nitrogens is 3. The van der Waals surface area contributed by atoms with Gasteiger partial charge in [0, 0.05) is 11.8 Å². The van der Waals surface area contributed by atoms with Gasteiger partial charge < -0.3 is 4.98 Å². The molecule has 0 unspecified atom stereocenters. The van der Waals surface area contributed by atoms with Crippen molar-refractivity contribution in [2.75, 3.05) is 4.72 Å². The average Bonchev–Trinajstić information content (AvgIpc) is 2.58. The van der Waals surface area contributed by atoms with Gasteiger partial charge in [-0.15, -0.1) is 0 Å². The number of aromatic amines is 1. The minimum Gasteiger partial charge on any atom is -0.315 e. The van der Waals surface area contributed by atoms with Crippen molar-refractivity contribution in [3.63, 3.8) is 0 Å². The highest BCUT2D eigenvalue weighted by atomic mass is 35.5. The van der Waals surface area contributed by atoms with Gasteiger partial charge in [-0.05, 0) is 6.92 Å². The summed E-state index contributed by atoms with van der Waals surface area (Å²) in [5.41, 5.74) is 0.276. The zero-order chi connectivity index (χ0) is 13.3. The van der Waals surface area contributed by atoms with E-state index in [0.717, 1.165) is 6.33 Å². The van der Waals surface area contributed by atoms with Crippen molar-refractivity contribution in [1.29, 1.82) is 0 Å². The Morgan fingerprint density at radius 1 is 1.44 bits per heavy atom. The van der Waals surface area contributed by atoms with E-state index < -0.39 is 14.9 Å². The molecule has 96 valence electrons. The summed E-state index contributed by atoms with van der Waals surface area (Å²) < 4.78 is 26.1. The van der Waals surface area contributed by atoms with E-state index >= 15 is 0 Å². The molecule has 2 aromatic rings. The molecule has 0 aliphatic rings. The molecule has 2 rings (SSSR count). The van der Waals surface area contributed by atoms with Gasteiger partial charge in [-0.25, -0.2) is 18.4 Å². The largest absolute Gasteiger partial charge is 0.315 e. The number of hydrogen-bond acceptors (Lipinski definition) is 6. The molecule has 2 N–H and O–H groups in total. The molecule has 2 heterocycles. The van der Waals surface area contributed by atoms with Crippen molar-refractivity contribution in [3.05, 3.63) is 32.9 Å². The number of H-pyrrole nitrogens is 1. The molecular weight excluding hydrogens is 300 g/mol. The van der Waals surface area contributed by atoms with Crippen LogP contribution in [0.4, 0.5) is 5.82 Å². The number of hydrogen-bond donors (Lipinski definition) is 2. The molecule has 0 atom stereocenters. The summed E-state index contributed by atoms with van der Waals surface area (Å²) in [5.74, 6) is 0.0373. The Labute approximate surface area is 111 Å². The Balaban J connectivity index is 2.39. The van der Waals surface area contributed by atoms with Crippen molar-refractivity contribution < 1.29 is 8.42 Å². The Kier molecular flexibility index (Phi) is 3.37. The van der Waals surface area contributed by atoms with Gasteiger partial charge in [0.05, 0.1) is 0 Å². The Morgan fingerprint density at radius 3 is 2.72 bits per heavy atom. The molecule has 0 aromatic carbocycles. The van der Waals surface area contributed by atoms with Crippen LogP contribution in [0.15, 0.2) is 21.4 Å². The summed E-state index contributed by atoms with van der Waals surface area (Å²) in [6.07, 6.45) is 1.13. The number of halogens is 1. The monoisotopic (exact) mass is 306 g/mol. The van der Waals surface area contributed by atoms with Crippen LogP contribution in [0, 0.1) is 6.92 Å². The second-order valence-electron chi connectivity index (χ2n) is 3.26. The summed E-state index contributed by atoms with van der Waals surface area (Å²) in [6, 6.07) is 1.27. The molecule has 0 saturated heterocycles. The first-order valence-electron chi connectivity index (χ1n) is 4.58. The lowest BCUT2D eigenvalue weighted by molar-refractivity contribution is 0.602. The van der Waals surface area contributed by atoms with Crippen LogP contribution in [0.5, 0.6) is 0 Å². The van der Waals surface area contributed by atoms with E-state index in [4.69, 9.17) is 11.6 Å². The molecule has 7 nitrogen and oxygen atoms in total. The van der Waals surface area contributed by atoms with Crippen LogP contribution in [0.3, 0.4) is 0 Å². The third kappa shape index (κ3) is 2.68. The van der Waals surface area contributed by atoms with Crippen molar-refractivity contribution in [3.8, 4) is 0 Å². The smallest absolute Gasteiger partial charge is 0.306 e. The summed E-state index contributed by atoms with van der Waals surface area (Å²) in [7, 11) is -3.85. The topological polar surface area (TPSA) is 105 Å². The molecule has 0 aliphatic heterocycles. The first kappa shape index (κ1) is 13.0. The number of nitrogens with zero attached hydrogens (tertiary/aromatic N) is 2. The molecule has 0 saturated carbocycles. The standard InChI is InChI=1S/C8H7ClN4O3S2/c1-4-7(17-8(14)12-4)18(15,16)13-6-2-5(9)10-3-11-6/h2-3H,1H3,(H,12,14)(H,10,11,13). The quantitative estimate of drug-likeness (QED) is 0.823. The van der Waals surface area contributed by atoms with Crippen LogP contribution in [0.25, 0.3) is 0 Å². The Bertz CT molecular complexity index is 737. The maximum Gasteiger partial charge on any atom is 0.306 e. The van der Waals surface area contributed by atoms with Crippen LogP contribution in [0.2, 0.25) is 5.15 Å². The van der Waals surface area contributed by atoms with Gasteiger partial charge in [0.15, 0.2) is 4.21 Å². The molecular formula is C8H7ClN4O3S2. The fourth-order valence-electron chi connectivity index (χ4n) is 1.22. The molecule has 0 radical (unpaired) electrons. The van der Waals surface area contributed by atoms with Crippen molar-refractivity contribution in [2.24, 2.45) is 0 Å². The highest BCUT2D eigenvalue weighted by Gasteiger charge is 2.21. The third-order valence-electron chi connectivity index (χ3n) is 1.90. The van der Waals surface area contributed by atoms with Crippen LogP contribution in [0.1, 0.15) is 5.69 Å². The van der Waals surface area contributed by atoms with Crippen LogP contribution < -0.4 is 9.60 Å². The number of aryl methyl sites for hydroxylation is 1. The number of anilines is 1. The summed E-state index contributed by atoms with van der Waals surface area (Å²) in [6.45, 7) is 1.50. The molecule has 0 fully saturated rings. The van der Waals surface area contributed by atoms with Crippen LogP contribution >= 0.6 is 22.9 Å². The van der Waals surface area contributed by atoms with Gasteiger partial charge in [0.1, 0.15) is 17.3 Å². The second-order valence-corrected chi connectivity index (χ2v) is 6.51. The van der Waals surface area contributed by atoms with Gasteiger partial charge in [0.2, 0.25) is 0 Å². The SMILES string of the molecule is Cc1[nH]c(=O)sc1S(=O)(=O)Nc1cc(Cl)ncn1. The molecule has 0 aliphatic carbocycles. The predicted octanol–water partition coefficient (Wildman–Crippen LogP) is 0.989. The van der Waals surface area contributed by atoms with Gasteiger partial charge in [0.25, 0.3) is 10.0 Å². The van der Waals surface area contributed by atoms with Crippen molar-refractivity contribution in [1.82, 2.24) is 15.0 Å². The van der Waals surface area contributed by atoms with E-state index in [9.17, 15) is 13.2 Å². The second kappa shape index (κ2) is 4.67. The molecule has 0 spiro atoms. The lowest BCUT2D eigenvalue weighted by Crippen LogP contribution is -2.13. The van der Waals surface area contributed by atoms with Crippen molar-refractivity contribution in [2.45, 2.75) is 11.1 Å². The van der Waals surface area contributed by atoms with Crippen molar-refractivity contribution >= 4 is 38.8 Å². The summed E-state index contributed by atoms with van der Waals surface area (Å²) in [5, 5.41) is 0.113. The minimum atomic E-state index is -3.85. The lowest BCUT2D eigenvalue weighted by Gasteiger charge is -2.05. The van der Waals surface area contributed by atoms with Gasteiger partial charge in [-0.2, -0.15) is 0 Å². The molecule has 2 aromatic heterocycles. The van der Waals surface area contributed by atoms with E-state index in [1.165, 1.54) is 13.0 Å². The van der Waals surface area contributed by atoms with E-state index in [-0.39, 0.29) is 20.9 Å². The van der Waals surface area contributed by atoms with E-state index in [2.05, 4.69) is 19.7 Å². The normalized spacial score (nSPS) is 11.4. The van der Waals surface area contributed by atoms with E-state index in [0.29, 0.717) is 11.3 Å². The fourth-order valence-corrected chi connectivity index (χ4v) is 3.67. The summed E-state index contributed by atoms with van der Waals surface area (Å²) >= 11 is 6.22. The first-order valence-corrected chi connectivity index (χ1v) is 7.26. The number of sulfonamides is 1. The maximum absolute atomic E-state index is 12.0. The highest BCUT2D eigenvalue weighted by Crippen LogP contribution is 2.19. The average molecular weight is 307 g/mol. The Morgan fingerprint density at radius 2 is 2.17 bits per heavy atom. The maximum atomic E-state index is 12.0. The predicted molar refractivity (Wildman–Crippen MR) is 67.5 cm³/mol. The molecule has 10 heteroatoms. The van der Waals surface area contributed by atoms with Crippen LogP contribution in [-0.2, 0) is 10.0 Å². The first-order chi connectivity index (χ1) is 8.38. The van der Waals surface area contributed by atoms with Crippen LogP contribution in [-0.4, -0.2) is 23.4 Å². The van der Waals surface area contributed by atoms with Gasteiger partial charge in [-0.3, -0.25) is 9.52 Å². The summed E-state index contributed by atoms with van der Waals surface area (Å²) in [4.78, 5) is 20.4. The minimum absolute atomic E-state index is 0.0373. The molecule has 0 amide bonds. The zero-order valence-corrected chi connectivity index (χ0v) is 11.4. The van der Waals surface area contributed by atoms with Gasteiger partial charge in [-0.1, -0.05) is 22.9 Å². The number of rotatable bonds is 3. The van der Waals surface area contributed by atoms with Gasteiger partial charge >= 0.3 is 4.87 Å². The highest BCUT2D eigenvalue weighted by molar-refractivity contribution is 7.94. The van der Waals surface area contributed by atoms with E-state index in [1.54, 1.807) is 0 Å². The molecule has 18 heavy (non-hydrogen) atoms. The number of nitrogens with one attached hydrogen (secondary N) is 2. The zero-order valence-electron chi connectivity index (χ0n) is 8.97. The molecule has 0 bridgehead atoms. The fraction of sp³-hybridized carbons (Fsp3) is 0.125. The number of thiazole rings is 1.